The molecule has 0 spiro atoms. The minimum atomic E-state index is -0.916. The Bertz CT molecular complexity index is 502. The van der Waals surface area contributed by atoms with Gasteiger partial charge in [0.25, 0.3) is 0 Å². The summed E-state index contributed by atoms with van der Waals surface area (Å²) >= 11 is 0. The summed E-state index contributed by atoms with van der Waals surface area (Å²) in [7, 11) is 0. The van der Waals surface area contributed by atoms with Crippen molar-refractivity contribution in [3.63, 3.8) is 0 Å². The molecular weight excluding hydrogens is 224 g/mol. The maximum atomic E-state index is 13.6. The Labute approximate surface area is 97.3 Å². The van der Waals surface area contributed by atoms with Gasteiger partial charge >= 0.3 is 0 Å². The van der Waals surface area contributed by atoms with Crippen LogP contribution >= 0.6 is 0 Å². The van der Waals surface area contributed by atoms with Crippen molar-refractivity contribution in [2.45, 2.75) is 6.04 Å². The molecule has 3 N–H and O–H groups in total. The average Bonchev–Trinajstić information content (AvgIpc) is 2.37. The largest absolute Gasteiger partial charge is 0.271 e. The molecule has 88 valence electrons. The van der Waals surface area contributed by atoms with Gasteiger partial charge in [0.2, 0.25) is 0 Å². The zero-order valence-electron chi connectivity index (χ0n) is 8.90. The fourth-order valence-corrected chi connectivity index (χ4v) is 1.62. The molecule has 1 aromatic carbocycles. The monoisotopic (exact) mass is 235 g/mol. The van der Waals surface area contributed by atoms with Crippen molar-refractivity contribution in [1.82, 2.24) is 10.4 Å². The molecule has 0 aliphatic heterocycles. The van der Waals surface area contributed by atoms with E-state index >= 15 is 0 Å². The molecule has 2 rings (SSSR count). The highest BCUT2D eigenvalue weighted by atomic mass is 19.2. The summed E-state index contributed by atoms with van der Waals surface area (Å²) in [4.78, 5) is 4.07. The number of hydrazine groups is 1. The van der Waals surface area contributed by atoms with Crippen LogP contribution in [0.15, 0.2) is 42.6 Å². The number of pyridine rings is 1. The van der Waals surface area contributed by atoms with Gasteiger partial charge in [-0.2, -0.15) is 0 Å². The number of nitrogens with two attached hydrogens (primary N) is 1. The van der Waals surface area contributed by atoms with Crippen LogP contribution in [0.3, 0.4) is 0 Å². The van der Waals surface area contributed by atoms with Crippen LogP contribution in [0, 0.1) is 11.6 Å². The van der Waals surface area contributed by atoms with Gasteiger partial charge in [-0.05, 0) is 18.2 Å². The van der Waals surface area contributed by atoms with Crippen LogP contribution in [0.2, 0.25) is 0 Å². The van der Waals surface area contributed by atoms with E-state index in [1.54, 1.807) is 24.4 Å². The number of benzene rings is 1. The Hall–Kier alpha value is -1.85. The molecule has 1 atom stereocenters. The van der Waals surface area contributed by atoms with E-state index in [4.69, 9.17) is 5.84 Å². The van der Waals surface area contributed by atoms with Crippen LogP contribution in [0.1, 0.15) is 17.3 Å². The van der Waals surface area contributed by atoms with Crippen molar-refractivity contribution in [2.24, 2.45) is 5.84 Å². The predicted molar refractivity (Wildman–Crippen MR) is 59.8 cm³/mol. The van der Waals surface area contributed by atoms with Crippen molar-refractivity contribution < 1.29 is 8.78 Å². The number of aromatic nitrogens is 1. The Kier molecular flexibility index (Phi) is 3.41. The lowest BCUT2D eigenvalue weighted by Crippen LogP contribution is -2.30. The van der Waals surface area contributed by atoms with Crippen molar-refractivity contribution >= 4 is 0 Å². The lowest BCUT2D eigenvalue weighted by Gasteiger charge is -2.16. The van der Waals surface area contributed by atoms with Crippen LogP contribution in [0.5, 0.6) is 0 Å². The van der Waals surface area contributed by atoms with Crippen molar-refractivity contribution in [3.05, 3.63) is 65.5 Å². The van der Waals surface area contributed by atoms with E-state index in [1.165, 1.54) is 12.1 Å². The van der Waals surface area contributed by atoms with Crippen molar-refractivity contribution in [2.75, 3.05) is 0 Å². The van der Waals surface area contributed by atoms with Gasteiger partial charge in [-0.25, -0.2) is 14.2 Å². The number of hydrogen-bond donors (Lipinski definition) is 2. The van der Waals surface area contributed by atoms with Gasteiger partial charge in [-0.1, -0.05) is 18.2 Å². The molecule has 0 saturated carbocycles. The van der Waals surface area contributed by atoms with E-state index in [1.807, 2.05) is 0 Å². The summed E-state index contributed by atoms with van der Waals surface area (Å²) in [5.74, 6) is 3.56. The van der Waals surface area contributed by atoms with Crippen molar-refractivity contribution in [3.8, 4) is 0 Å². The molecule has 0 aliphatic rings. The normalized spacial score (nSPS) is 12.4. The molecule has 3 nitrogen and oxygen atoms in total. The third-order valence-corrected chi connectivity index (χ3v) is 2.44. The van der Waals surface area contributed by atoms with E-state index in [0.29, 0.717) is 5.69 Å². The molecular formula is C12H11F2N3. The van der Waals surface area contributed by atoms with Gasteiger partial charge in [-0.3, -0.25) is 10.8 Å². The standard InChI is InChI=1S/C12H11F2N3/c13-9-5-3-4-8(11(9)14)12(17-15)10-6-1-2-7-16-10/h1-7,12,17H,15H2. The van der Waals surface area contributed by atoms with Crippen LogP contribution in [-0.4, -0.2) is 4.98 Å². The van der Waals surface area contributed by atoms with E-state index in [9.17, 15) is 8.78 Å². The lowest BCUT2D eigenvalue weighted by molar-refractivity contribution is 0.481. The first-order chi connectivity index (χ1) is 8.24. The van der Waals surface area contributed by atoms with E-state index in [0.717, 1.165) is 6.07 Å². The van der Waals surface area contributed by atoms with Gasteiger partial charge in [0.15, 0.2) is 11.6 Å². The number of hydrogen-bond acceptors (Lipinski definition) is 3. The number of rotatable bonds is 3. The maximum absolute atomic E-state index is 13.6. The Balaban J connectivity index is 2.46. The van der Waals surface area contributed by atoms with Crippen LogP contribution in [0.25, 0.3) is 0 Å². The molecule has 0 radical (unpaired) electrons. The summed E-state index contributed by atoms with van der Waals surface area (Å²) in [6.45, 7) is 0. The third-order valence-electron chi connectivity index (χ3n) is 2.44. The minimum absolute atomic E-state index is 0.131. The SMILES string of the molecule is NNC(c1ccccn1)c1cccc(F)c1F. The highest BCUT2D eigenvalue weighted by Crippen LogP contribution is 2.23. The topological polar surface area (TPSA) is 50.9 Å². The van der Waals surface area contributed by atoms with E-state index in [2.05, 4.69) is 10.4 Å². The molecule has 0 saturated heterocycles. The Morgan fingerprint density at radius 2 is 1.94 bits per heavy atom. The number of halogens is 2. The second-order valence-electron chi connectivity index (χ2n) is 3.50. The molecule has 5 heteroatoms. The Morgan fingerprint density at radius 3 is 2.59 bits per heavy atom. The van der Waals surface area contributed by atoms with E-state index in [-0.39, 0.29) is 5.56 Å². The van der Waals surface area contributed by atoms with Crippen LogP contribution in [-0.2, 0) is 0 Å². The molecule has 0 aliphatic carbocycles. The first-order valence-corrected chi connectivity index (χ1v) is 5.05. The van der Waals surface area contributed by atoms with E-state index < -0.39 is 17.7 Å². The predicted octanol–water partition coefficient (Wildman–Crippen LogP) is 1.91. The molecule has 1 aromatic heterocycles. The zero-order valence-corrected chi connectivity index (χ0v) is 8.90. The highest BCUT2D eigenvalue weighted by molar-refractivity contribution is 5.29. The second-order valence-corrected chi connectivity index (χ2v) is 3.50. The molecule has 1 unspecified atom stereocenters. The fraction of sp³-hybridized carbons (Fsp3) is 0.0833. The molecule has 2 aromatic rings. The first-order valence-electron chi connectivity index (χ1n) is 5.05. The third kappa shape index (κ3) is 2.30. The second kappa shape index (κ2) is 4.99. The number of nitrogens with one attached hydrogen (secondary N) is 1. The zero-order chi connectivity index (χ0) is 12.3. The van der Waals surface area contributed by atoms with Crippen LogP contribution < -0.4 is 11.3 Å². The molecule has 0 fully saturated rings. The maximum Gasteiger partial charge on any atom is 0.164 e. The molecule has 0 amide bonds. The first kappa shape index (κ1) is 11.6. The molecule has 0 bridgehead atoms. The van der Waals surface area contributed by atoms with Gasteiger partial charge in [0.05, 0.1) is 11.7 Å². The van der Waals surface area contributed by atoms with Crippen LogP contribution in [0.4, 0.5) is 8.78 Å². The average molecular weight is 235 g/mol. The fourth-order valence-electron chi connectivity index (χ4n) is 1.62. The summed E-state index contributed by atoms with van der Waals surface area (Å²) in [5, 5.41) is 0. The minimum Gasteiger partial charge on any atom is -0.271 e. The summed E-state index contributed by atoms with van der Waals surface area (Å²) < 4.78 is 26.8. The van der Waals surface area contributed by atoms with Gasteiger partial charge in [0.1, 0.15) is 0 Å². The summed E-state index contributed by atoms with van der Waals surface area (Å²) in [6.07, 6.45) is 1.57. The smallest absolute Gasteiger partial charge is 0.164 e. The molecule has 1 heterocycles. The Morgan fingerprint density at radius 1 is 1.12 bits per heavy atom. The quantitative estimate of drug-likeness (QED) is 0.631. The van der Waals surface area contributed by atoms with Gasteiger partial charge in [-0.15, -0.1) is 0 Å². The highest BCUT2D eigenvalue weighted by Gasteiger charge is 2.19. The van der Waals surface area contributed by atoms with Gasteiger partial charge < -0.3 is 0 Å². The van der Waals surface area contributed by atoms with Gasteiger partial charge in [0, 0.05) is 11.8 Å². The number of nitrogens with zero attached hydrogens (tertiary/aromatic N) is 1. The van der Waals surface area contributed by atoms with Crippen molar-refractivity contribution in [1.29, 1.82) is 0 Å². The lowest BCUT2D eigenvalue weighted by atomic mass is 10.0. The summed E-state index contributed by atoms with van der Waals surface area (Å²) in [6, 6.07) is 8.47. The molecule has 17 heavy (non-hydrogen) atoms. The summed E-state index contributed by atoms with van der Waals surface area (Å²) in [5.41, 5.74) is 3.09.